The highest BCUT2D eigenvalue weighted by Crippen LogP contribution is 2.34. The number of halogens is 5. The van der Waals surface area contributed by atoms with E-state index in [-0.39, 0.29) is 5.82 Å². The van der Waals surface area contributed by atoms with Crippen LogP contribution in [0.25, 0.3) is 0 Å². The molecule has 0 atom stereocenters. The topological polar surface area (TPSA) is 12.0 Å². The van der Waals surface area contributed by atoms with Gasteiger partial charge in [-0.25, -0.2) is 4.39 Å². The third-order valence-electron chi connectivity index (χ3n) is 2.40. The molecule has 100 valence electrons. The summed E-state index contributed by atoms with van der Waals surface area (Å²) in [6.45, 7) is 0.537. The second-order valence-electron chi connectivity index (χ2n) is 3.88. The zero-order valence-corrected chi connectivity index (χ0v) is 15.8. The number of rotatable bonds is 3. The number of hydrogen-bond donors (Lipinski definition) is 1. The highest BCUT2D eigenvalue weighted by molar-refractivity contribution is 9.11. The summed E-state index contributed by atoms with van der Waals surface area (Å²) < 4.78 is 16.9. The van der Waals surface area contributed by atoms with Crippen molar-refractivity contribution in [3.8, 4) is 0 Å². The molecule has 0 saturated carbocycles. The summed E-state index contributed by atoms with van der Waals surface area (Å²) in [6.07, 6.45) is 0. The molecule has 0 unspecified atom stereocenters. The first kappa shape index (κ1) is 15.5. The summed E-state index contributed by atoms with van der Waals surface area (Å²) in [5.41, 5.74) is 1.80. The average Bonchev–Trinajstić information content (AvgIpc) is 2.25. The number of anilines is 1. The van der Waals surface area contributed by atoms with E-state index in [1.54, 1.807) is 0 Å². The van der Waals surface area contributed by atoms with Crippen LogP contribution in [0.3, 0.4) is 0 Å². The van der Waals surface area contributed by atoms with Crippen molar-refractivity contribution in [2.45, 2.75) is 6.54 Å². The lowest BCUT2D eigenvalue weighted by atomic mass is 10.2. The molecule has 0 radical (unpaired) electrons. The SMILES string of the molecule is Fc1cc(Br)cc(CNc2c(Br)cc(Br)cc2Br)c1. The van der Waals surface area contributed by atoms with Crippen LogP contribution in [0.15, 0.2) is 48.2 Å². The van der Waals surface area contributed by atoms with E-state index in [2.05, 4.69) is 69.0 Å². The molecule has 0 aliphatic carbocycles. The molecule has 19 heavy (non-hydrogen) atoms. The fourth-order valence-corrected chi connectivity index (χ4v) is 4.67. The molecule has 0 heterocycles. The van der Waals surface area contributed by atoms with Crippen LogP contribution in [0.5, 0.6) is 0 Å². The summed E-state index contributed by atoms with van der Waals surface area (Å²) in [5.74, 6) is -0.250. The third kappa shape index (κ3) is 4.28. The van der Waals surface area contributed by atoms with Crippen molar-refractivity contribution in [2.24, 2.45) is 0 Å². The van der Waals surface area contributed by atoms with Gasteiger partial charge in [-0.15, -0.1) is 0 Å². The van der Waals surface area contributed by atoms with E-state index in [4.69, 9.17) is 0 Å². The van der Waals surface area contributed by atoms with Gasteiger partial charge in [-0.05, 0) is 67.8 Å². The van der Waals surface area contributed by atoms with Gasteiger partial charge in [0.05, 0.1) is 5.69 Å². The zero-order chi connectivity index (χ0) is 14.0. The quantitative estimate of drug-likeness (QED) is 0.492. The summed E-state index contributed by atoms with van der Waals surface area (Å²) in [7, 11) is 0. The Morgan fingerprint density at radius 1 is 0.842 bits per heavy atom. The zero-order valence-electron chi connectivity index (χ0n) is 9.48. The Kier molecular flexibility index (Phi) is 5.45. The van der Waals surface area contributed by atoms with Crippen LogP contribution in [0.1, 0.15) is 5.56 Å². The van der Waals surface area contributed by atoms with E-state index in [0.717, 1.165) is 29.1 Å². The second kappa shape index (κ2) is 6.70. The van der Waals surface area contributed by atoms with E-state index in [1.807, 2.05) is 18.2 Å². The molecule has 0 saturated heterocycles. The van der Waals surface area contributed by atoms with Crippen LogP contribution >= 0.6 is 63.7 Å². The second-order valence-corrected chi connectivity index (χ2v) is 7.42. The van der Waals surface area contributed by atoms with Crippen molar-refractivity contribution in [3.63, 3.8) is 0 Å². The fourth-order valence-electron chi connectivity index (χ4n) is 1.61. The summed E-state index contributed by atoms with van der Waals surface area (Å²) in [4.78, 5) is 0. The van der Waals surface area contributed by atoms with Gasteiger partial charge in [-0.3, -0.25) is 0 Å². The number of nitrogens with one attached hydrogen (secondary N) is 1. The molecule has 0 fully saturated rings. The predicted octanol–water partition coefficient (Wildman–Crippen LogP) is 6.49. The van der Waals surface area contributed by atoms with Gasteiger partial charge >= 0.3 is 0 Å². The Balaban J connectivity index is 2.19. The largest absolute Gasteiger partial charge is 0.379 e. The minimum absolute atomic E-state index is 0.250. The van der Waals surface area contributed by atoms with Gasteiger partial charge in [0.15, 0.2) is 0 Å². The van der Waals surface area contributed by atoms with Gasteiger partial charge < -0.3 is 5.32 Å². The number of benzene rings is 2. The van der Waals surface area contributed by atoms with Crippen molar-refractivity contribution < 1.29 is 4.39 Å². The van der Waals surface area contributed by atoms with Crippen molar-refractivity contribution in [1.82, 2.24) is 0 Å². The lowest BCUT2D eigenvalue weighted by molar-refractivity contribution is 0.625. The Hall–Kier alpha value is 0.0900. The first-order valence-corrected chi connectivity index (χ1v) is 8.46. The van der Waals surface area contributed by atoms with E-state index in [1.165, 1.54) is 12.1 Å². The molecule has 6 heteroatoms. The Morgan fingerprint density at radius 3 is 2.00 bits per heavy atom. The van der Waals surface area contributed by atoms with Gasteiger partial charge in [-0.1, -0.05) is 31.9 Å². The van der Waals surface area contributed by atoms with Crippen molar-refractivity contribution in [1.29, 1.82) is 0 Å². The highest BCUT2D eigenvalue weighted by atomic mass is 79.9. The maximum Gasteiger partial charge on any atom is 0.124 e. The lowest BCUT2D eigenvalue weighted by Gasteiger charge is -2.12. The highest BCUT2D eigenvalue weighted by Gasteiger charge is 2.07. The van der Waals surface area contributed by atoms with Gasteiger partial charge in [0.2, 0.25) is 0 Å². The molecular formula is C13H8Br4FN. The van der Waals surface area contributed by atoms with E-state index >= 15 is 0 Å². The van der Waals surface area contributed by atoms with Crippen LogP contribution in [-0.4, -0.2) is 0 Å². The van der Waals surface area contributed by atoms with Crippen molar-refractivity contribution in [2.75, 3.05) is 5.32 Å². The normalized spacial score (nSPS) is 10.6. The number of hydrogen-bond acceptors (Lipinski definition) is 1. The molecule has 2 aromatic carbocycles. The van der Waals surface area contributed by atoms with Gasteiger partial charge in [-0.2, -0.15) is 0 Å². The monoisotopic (exact) mass is 513 g/mol. The van der Waals surface area contributed by atoms with Gasteiger partial charge in [0, 0.05) is 24.4 Å². The molecule has 0 aromatic heterocycles. The summed E-state index contributed by atoms with van der Waals surface area (Å²) >= 11 is 13.7. The van der Waals surface area contributed by atoms with Crippen LogP contribution < -0.4 is 5.32 Å². The van der Waals surface area contributed by atoms with E-state index in [0.29, 0.717) is 6.54 Å². The van der Waals surface area contributed by atoms with E-state index < -0.39 is 0 Å². The Morgan fingerprint density at radius 2 is 1.42 bits per heavy atom. The van der Waals surface area contributed by atoms with Crippen LogP contribution in [0.2, 0.25) is 0 Å². The predicted molar refractivity (Wildman–Crippen MR) is 91.0 cm³/mol. The van der Waals surface area contributed by atoms with Gasteiger partial charge in [0.1, 0.15) is 5.82 Å². The molecule has 0 spiro atoms. The first-order valence-electron chi connectivity index (χ1n) is 5.29. The molecule has 1 N–H and O–H groups in total. The maximum atomic E-state index is 13.3. The van der Waals surface area contributed by atoms with Gasteiger partial charge in [0.25, 0.3) is 0 Å². The molecular weight excluding hydrogens is 509 g/mol. The standard InChI is InChI=1S/C13H8Br4FN/c14-8-1-7(2-10(18)3-8)6-19-13-11(16)4-9(15)5-12(13)17/h1-5,19H,6H2. The minimum Gasteiger partial charge on any atom is -0.379 e. The Bertz CT molecular complexity index is 572. The molecule has 2 rings (SSSR count). The molecule has 0 aliphatic rings. The first-order chi connectivity index (χ1) is 8.95. The smallest absolute Gasteiger partial charge is 0.124 e. The molecule has 0 bridgehead atoms. The third-order valence-corrected chi connectivity index (χ3v) is 4.57. The maximum absolute atomic E-state index is 13.3. The summed E-state index contributed by atoms with van der Waals surface area (Å²) in [5, 5.41) is 3.28. The molecule has 1 nitrogen and oxygen atoms in total. The van der Waals surface area contributed by atoms with Crippen molar-refractivity contribution in [3.05, 3.63) is 59.6 Å². The van der Waals surface area contributed by atoms with Crippen LogP contribution in [-0.2, 0) is 6.54 Å². The summed E-state index contributed by atoms with van der Waals surface area (Å²) in [6, 6.07) is 8.74. The fraction of sp³-hybridized carbons (Fsp3) is 0.0769. The van der Waals surface area contributed by atoms with Crippen molar-refractivity contribution >= 4 is 69.4 Å². The Labute approximate surface area is 144 Å². The van der Waals surface area contributed by atoms with Crippen LogP contribution in [0, 0.1) is 5.82 Å². The molecule has 2 aromatic rings. The average molecular weight is 517 g/mol. The minimum atomic E-state index is -0.250. The van der Waals surface area contributed by atoms with Crippen LogP contribution in [0.4, 0.5) is 10.1 Å². The lowest BCUT2D eigenvalue weighted by Crippen LogP contribution is -2.01. The molecule has 0 aliphatic heterocycles. The van der Waals surface area contributed by atoms with E-state index in [9.17, 15) is 4.39 Å². The molecule has 0 amide bonds.